The van der Waals surface area contributed by atoms with Crippen LogP contribution in [0.1, 0.15) is 0 Å². The quantitative estimate of drug-likeness (QED) is 0.175. The lowest BCUT2D eigenvalue weighted by molar-refractivity contribution is 0.668. The zero-order valence-electron chi connectivity index (χ0n) is 30.3. The second kappa shape index (κ2) is 12.3. The van der Waals surface area contributed by atoms with Crippen LogP contribution in [0, 0.1) is 0 Å². The summed E-state index contributed by atoms with van der Waals surface area (Å²) < 4.78 is 15.0. The first kappa shape index (κ1) is 31.5. The third kappa shape index (κ3) is 4.92. The zero-order valence-corrected chi connectivity index (χ0v) is 30.3. The van der Waals surface area contributed by atoms with Crippen LogP contribution < -0.4 is 0 Å². The van der Waals surface area contributed by atoms with Crippen LogP contribution >= 0.6 is 0 Å². The molecule has 5 aromatic heterocycles. The van der Waals surface area contributed by atoms with Crippen LogP contribution in [0.4, 0.5) is 0 Å². The summed E-state index contributed by atoms with van der Waals surface area (Å²) in [5.74, 6) is 1.66. The van der Waals surface area contributed by atoms with E-state index in [-0.39, 0.29) is 0 Å². The number of nitrogens with zero attached hydrogens (tertiary/aromatic N) is 5. The standard InChI is InChI=1S/C50H29N5O2/c1-4-21-41-35(15-1)36-16-2-5-22-42(36)55(41)33-14-8-13-32(28-33)49-52-48(53-50(54-49)39-20-10-24-45-46(39)40-29-51-26-25-44(40)56-45)31-12-7-11-30(27-31)34-18-9-19-38-37-17-3-6-23-43(37)57-47(34)38/h1-29H. The van der Waals surface area contributed by atoms with E-state index < -0.39 is 0 Å². The second-order valence-electron chi connectivity index (χ2n) is 14.2. The molecular weight excluding hydrogens is 703 g/mol. The highest BCUT2D eigenvalue weighted by Gasteiger charge is 2.20. The van der Waals surface area contributed by atoms with Crippen LogP contribution in [0.3, 0.4) is 0 Å². The minimum atomic E-state index is 0.541. The molecular formula is C50H29N5O2. The maximum absolute atomic E-state index is 6.44. The molecule has 0 amide bonds. The average molecular weight is 732 g/mol. The second-order valence-corrected chi connectivity index (χ2v) is 14.2. The van der Waals surface area contributed by atoms with Crippen LogP contribution in [0.5, 0.6) is 0 Å². The first-order valence-electron chi connectivity index (χ1n) is 18.9. The van der Waals surface area contributed by atoms with Crippen molar-refractivity contribution in [1.82, 2.24) is 24.5 Å². The van der Waals surface area contributed by atoms with Gasteiger partial charge in [-0.3, -0.25) is 4.98 Å². The van der Waals surface area contributed by atoms with Gasteiger partial charge in [0.2, 0.25) is 0 Å². The fourth-order valence-corrected chi connectivity index (χ4v) is 8.40. The van der Waals surface area contributed by atoms with Gasteiger partial charge in [0.15, 0.2) is 17.5 Å². The third-order valence-electron chi connectivity index (χ3n) is 11.0. The Balaban J connectivity index is 1.07. The maximum Gasteiger partial charge on any atom is 0.164 e. The molecule has 0 aliphatic carbocycles. The minimum absolute atomic E-state index is 0.541. The van der Waals surface area contributed by atoms with Crippen LogP contribution in [0.2, 0.25) is 0 Å². The number of fused-ring (bicyclic) bond motifs is 9. The van der Waals surface area contributed by atoms with Crippen molar-refractivity contribution in [1.29, 1.82) is 0 Å². The molecule has 0 radical (unpaired) electrons. The Morgan fingerprint density at radius 1 is 0.404 bits per heavy atom. The van der Waals surface area contributed by atoms with Gasteiger partial charge in [0.05, 0.1) is 11.0 Å². The molecule has 266 valence electrons. The van der Waals surface area contributed by atoms with Crippen molar-refractivity contribution < 1.29 is 8.83 Å². The number of para-hydroxylation sites is 4. The van der Waals surface area contributed by atoms with Crippen molar-refractivity contribution >= 4 is 65.7 Å². The van der Waals surface area contributed by atoms with Gasteiger partial charge in [-0.15, -0.1) is 0 Å². The van der Waals surface area contributed by atoms with Crippen molar-refractivity contribution in [2.45, 2.75) is 0 Å². The topological polar surface area (TPSA) is 82.8 Å². The Bertz CT molecular complexity index is 3500. The van der Waals surface area contributed by atoms with E-state index in [1.807, 2.05) is 54.7 Å². The van der Waals surface area contributed by atoms with Gasteiger partial charge in [-0.05, 0) is 54.1 Å². The fraction of sp³-hybridized carbons (Fsp3) is 0. The summed E-state index contributed by atoms with van der Waals surface area (Å²) in [5.41, 5.74) is 11.1. The molecule has 0 bridgehead atoms. The molecule has 7 nitrogen and oxygen atoms in total. The van der Waals surface area contributed by atoms with E-state index in [1.165, 1.54) is 10.8 Å². The van der Waals surface area contributed by atoms with Crippen LogP contribution in [0.25, 0.3) is 117 Å². The Kier molecular flexibility index (Phi) is 6.79. The normalized spacial score (nSPS) is 11.9. The van der Waals surface area contributed by atoms with Gasteiger partial charge < -0.3 is 13.4 Å². The van der Waals surface area contributed by atoms with Gasteiger partial charge in [0.25, 0.3) is 0 Å². The van der Waals surface area contributed by atoms with Gasteiger partial charge in [-0.1, -0.05) is 115 Å². The lowest BCUT2D eigenvalue weighted by Crippen LogP contribution is -2.01. The van der Waals surface area contributed by atoms with E-state index in [0.717, 1.165) is 88.4 Å². The monoisotopic (exact) mass is 731 g/mol. The van der Waals surface area contributed by atoms with Gasteiger partial charge in [0, 0.05) is 72.7 Å². The summed E-state index contributed by atoms with van der Waals surface area (Å²) in [7, 11) is 0. The molecule has 7 aromatic carbocycles. The number of benzene rings is 7. The highest BCUT2D eigenvalue weighted by molar-refractivity contribution is 6.12. The van der Waals surface area contributed by atoms with E-state index in [9.17, 15) is 0 Å². The molecule has 0 aliphatic heterocycles. The Labute approximate surface area is 325 Å². The third-order valence-corrected chi connectivity index (χ3v) is 11.0. The zero-order chi connectivity index (χ0) is 37.5. The number of hydrogen-bond donors (Lipinski definition) is 0. The van der Waals surface area contributed by atoms with Crippen molar-refractivity contribution in [3.8, 4) is 51.0 Å². The molecule has 0 unspecified atom stereocenters. The van der Waals surface area contributed by atoms with Crippen molar-refractivity contribution in [2.75, 3.05) is 0 Å². The van der Waals surface area contributed by atoms with E-state index >= 15 is 0 Å². The largest absolute Gasteiger partial charge is 0.456 e. The fourth-order valence-electron chi connectivity index (χ4n) is 8.40. The van der Waals surface area contributed by atoms with Crippen molar-refractivity contribution in [3.63, 3.8) is 0 Å². The highest BCUT2D eigenvalue weighted by Crippen LogP contribution is 2.39. The Morgan fingerprint density at radius 3 is 1.82 bits per heavy atom. The SMILES string of the molecule is c1cc(-c2nc(-c3cccc(-n4c5ccccc5c5ccccc54)c3)nc(-c3cccc4oc5ccncc5c34)n2)cc(-c2cccc3c2oc2ccccc23)c1. The molecule has 0 saturated heterocycles. The van der Waals surface area contributed by atoms with Crippen LogP contribution in [-0.2, 0) is 0 Å². The number of rotatable bonds is 5. The van der Waals surface area contributed by atoms with Gasteiger partial charge in [0.1, 0.15) is 22.3 Å². The molecule has 0 aliphatic rings. The summed E-state index contributed by atoms with van der Waals surface area (Å²) in [6.45, 7) is 0. The average Bonchev–Trinajstić information content (AvgIpc) is 3.96. The molecule has 0 N–H and O–H groups in total. The number of aromatic nitrogens is 5. The number of furan rings is 2. The summed E-state index contributed by atoms with van der Waals surface area (Å²) in [4.78, 5) is 20.1. The molecule has 57 heavy (non-hydrogen) atoms. The smallest absolute Gasteiger partial charge is 0.164 e. The lowest BCUT2D eigenvalue weighted by Gasteiger charge is -2.12. The van der Waals surface area contributed by atoms with Gasteiger partial charge in [-0.25, -0.2) is 15.0 Å². The van der Waals surface area contributed by atoms with E-state index in [0.29, 0.717) is 17.5 Å². The molecule has 0 atom stereocenters. The van der Waals surface area contributed by atoms with Crippen molar-refractivity contribution in [3.05, 3.63) is 176 Å². The Hall–Kier alpha value is -7.90. The first-order chi connectivity index (χ1) is 28.2. The summed E-state index contributed by atoms with van der Waals surface area (Å²) >= 11 is 0. The molecule has 7 heteroatoms. The predicted octanol–water partition coefficient (Wildman–Crippen LogP) is 12.8. The number of pyridine rings is 1. The van der Waals surface area contributed by atoms with Gasteiger partial charge in [-0.2, -0.15) is 0 Å². The maximum atomic E-state index is 6.44. The highest BCUT2D eigenvalue weighted by atomic mass is 16.3. The molecule has 0 spiro atoms. The molecule has 12 rings (SSSR count). The molecule has 0 saturated carbocycles. The Morgan fingerprint density at radius 2 is 1.00 bits per heavy atom. The predicted molar refractivity (Wildman–Crippen MR) is 228 cm³/mol. The summed E-state index contributed by atoms with van der Waals surface area (Å²) in [6, 6.07) is 56.2. The van der Waals surface area contributed by atoms with Crippen LogP contribution in [0.15, 0.2) is 185 Å². The first-order valence-corrected chi connectivity index (χ1v) is 18.9. The van der Waals surface area contributed by atoms with E-state index in [4.69, 9.17) is 23.8 Å². The summed E-state index contributed by atoms with van der Waals surface area (Å²) in [5, 5.41) is 6.40. The lowest BCUT2D eigenvalue weighted by atomic mass is 10.00. The van der Waals surface area contributed by atoms with E-state index in [2.05, 4.69) is 125 Å². The molecule has 12 aromatic rings. The van der Waals surface area contributed by atoms with Crippen molar-refractivity contribution in [2.24, 2.45) is 0 Å². The van der Waals surface area contributed by atoms with Gasteiger partial charge >= 0.3 is 0 Å². The summed E-state index contributed by atoms with van der Waals surface area (Å²) in [6.07, 6.45) is 3.58. The van der Waals surface area contributed by atoms with Crippen LogP contribution in [-0.4, -0.2) is 24.5 Å². The molecule has 0 fully saturated rings. The number of hydrogen-bond acceptors (Lipinski definition) is 6. The van der Waals surface area contributed by atoms with E-state index in [1.54, 1.807) is 6.20 Å². The minimum Gasteiger partial charge on any atom is -0.456 e. The molecule has 5 heterocycles.